The molecule has 1 amide bonds. The van der Waals surface area contributed by atoms with Crippen LogP contribution >= 0.6 is 34.8 Å². The summed E-state index contributed by atoms with van der Waals surface area (Å²) in [4.78, 5) is 17.6. The Labute approximate surface area is 218 Å². The highest BCUT2D eigenvalue weighted by atomic mass is 35.5. The van der Waals surface area contributed by atoms with Crippen LogP contribution in [-0.4, -0.2) is 29.9 Å². The molecule has 1 aliphatic rings. The molecule has 0 bridgehead atoms. The number of anilines is 1. The third-order valence-electron chi connectivity index (χ3n) is 6.51. The summed E-state index contributed by atoms with van der Waals surface area (Å²) in [6.07, 6.45) is 5.70. The van der Waals surface area contributed by atoms with E-state index in [1.807, 2.05) is 20.8 Å². The van der Waals surface area contributed by atoms with Crippen molar-refractivity contribution < 1.29 is 9.18 Å². The normalized spacial score (nSPS) is 24.0. The van der Waals surface area contributed by atoms with Crippen LogP contribution in [0.1, 0.15) is 47.0 Å². The van der Waals surface area contributed by atoms with Crippen molar-refractivity contribution >= 4 is 46.4 Å². The van der Waals surface area contributed by atoms with Crippen LogP contribution in [-0.2, 0) is 4.79 Å². The third-order valence-corrected chi connectivity index (χ3v) is 7.53. The molecule has 3 unspecified atom stereocenters. The molecule has 3 nitrogen and oxygen atoms in total. The zero-order valence-corrected chi connectivity index (χ0v) is 22.7. The molecule has 1 fully saturated rings. The Bertz CT molecular complexity index is 988. The number of nitrogens with zero attached hydrogens (tertiary/aromatic N) is 2. The molecule has 7 heteroatoms. The lowest BCUT2D eigenvalue weighted by Crippen LogP contribution is -2.46. The first-order valence-corrected chi connectivity index (χ1v) is 12.8. The quantitative estimate of drug-likeness (QED) is 0.284. The number of hydrogen-bond acceptors (Lipinski definition) is 2. The lowest BCUT2D eigenvalue weighted by Gasteiger charge is -2.37. The van der Waals surface area contributed by atoms with Crippen LogP contribution in [0, 0.1) is 17.7 Å². The van der Waals surface area contributed by atoms with E-state index in [1.165, 1.54) is 12.1 Å². The summed E-state index contributed by atoms with van der Waals surface area (Å²) in [5, 5.41) is 0.962. The molecule has 2 rings (SSSR count). The van der Waals surface area contributed by atoms with Gasteiger partial charge in [0.15, 0.2) is 0 Å². The van der Waals surface area contributed by atoms with Crippen molar-refractivity contribution in [2.45, 2.75) is 53.0 Å². The van der Waals surface area contributed by atoms with Crippen LogP contribution < -0.4 is 4.90 Å². The Kier molecular flexibility index (Phi) is 10.7. The van der Waals surface area contributed by atoms with Crippen LogP contribution in [0.4, 0.5) is 10.1 Å². The standard InChI is InChI=1S/C27H34Cl3FN2O/c1-7-21(28)26(22(29)8-2)32-14-10-11-17(4)19(6)27(34)33(25(9-3)18(5)16-32)20-12-13-24(31)23(30)15-20/h7-8,12-13,15,17,19,25H,1,5,9-11,14,16H2,2-4,6H3/b22-8+,26-21-. The summed E-state index contributed by atoms with van der Waals surface area (Å²) in [5.74, 6) is -0.646. The predicted octanol–water partition coefficient (Wildman–Crippen LogP) is 8.29. The van der Waals surface area contributed by atoms with Gasteiger partial charge in [-0.15, -0.1) is 0 Å². The van der Waals surface area contributed by atoms with E-state index in [-0.39, 0.29) is 28.8 Å². The van der Waals surface area contributed by atoms with Crippen molar-refractivity contribution in [2.75, 3.05) is 18.0 Å². The topological polar surface area (TPSA) is 23.6 Å². The van der Waals surface area contributed by atoms with Gasteiger partial charge in [0.25, 0.3) is 0 Å². The van der Waals surface area contributed by atoms with Crippen molar-refractivity contribution in [1.82, 2.24) is 4.90 Å². The number of rotatable bonds is 5. The molecule has 1 aromatic rings. The zero-order valence-electron chi connectivity index (χ0n) is 20.4. The van der Waals surface area contributed by atoms with Gasteiger partial charge in [0.1, 0.15) is 5.82 Å². The molecule has 0 aromatic heterocycles. The minimum Gasteiger partial charge on any atom is -0.365 e. The second-order valence-electron chi connectivity index (χ2n) is 8.76. The van der Waals surface area contributed by atoms with Crippen molar-refractivity contribution in [1.29, 1.82) is 0 Å². The highest BCUT2D eigenvalue weighted by molar-refractivity contribution is 6.36. The second kappa shape index (κ2) is 12.8. The molecule has 1 heterocycles. The Morgan fingerprint density at radius 1 is 1.29 bits per heavy atom. The van der Waals surface area contributed by atoms with Crippen molar-refractivity contribution in [3.8, 4) is 0 Å². The van der Waals surface area contributed by atoms with Gasteiger partial charge in [-0.25, -0.2) is 4.39 Å². The summed E-state index contributed by atoms with van der Waals surface area (Å²) in [7, 11) is 0. The molecular formula is C27H34Cl3FN2O. The van der Waals surface area contributed by atoms with Crippen molar-refractivity contribution in [3.63, 3.8) is 0 Å². The minimum absolute atomic E-state index is 0.0229. The molecule has 1 aliphatic heterocycles. The summed E-state index contributed by atoms with van der Waals surface area (Å²) in [6, 6.07) is 4.08. The Hall–Kier alpha value is -1.75. The van der Waals surface area contributed by atoms with E-state index in [0.29, 0.717) is 41.0 Å². The fourth-order valence-corrected chi connectivity index (χ4v) is 5.00. The first-order chi connectivity index (χ1) is 16.1. The van der Waals surface area contributed by atoms with Gasteiger partial charge in [0, 0.05) is 24.7 Å². The van der Waals surface area contributed by atoms with E-state index in [9.17, 15) is 9.18 Å². The van der Waals surface area contributed by atoms with E-state index >= 15 is 0 Å². The molecule has 0 saturated carbocycles. The van der Waals surface area contributed by atoms with Gasteiger partial charge in [-0.2, -0.15) is 0 Å². The second-order valence-corrected chi connectivity index (χ2v) is 9.98. The number of carbonyl (C=O) groups excluding carboxylic acids is 1. The smallest absolute Gasteiger partial charge is 0.230 e. The number of halogens is 4. The van der Waals surface area contributed by atoms with E-state index in [1.54, 1.807) is 23.1 Å². The molecular weight excluding hydrogens is 494 g/mol. The van der Waals surface area contributed by atoms with Crippen LogP contribution in [0.5, 0.6) is 0 Å². The van der Waals surface area contributed by atoms with E-state index in [2.05, 4.69) is 25.0 Å². The van der Waals surface area contributed by atoms with Gasteiger partial charge < -0.3 is 9.80 Å². The van der Waals surface area contributed by atoms with E-state index < -0.39 is 5.82 Å². The van der Waals surface area contributed by atoms with E-state index in [0.717, 1.165) is 18.4 Å². The maximum absolute atomic E-state index is 13.9. The Morgan fingerprint density at radius 2 is 1.97 bits per heavy atom. The summed E-state index contributed by atoms with van der Waals surface area (Å²) < 4.78 is 13.9. The maximum atomic E-state index is 13.9. The van der Waals surface area contributed by atoms with Gasteiger partial charge in [0.05, 0.1) is 26.8 Å². The highest BCUT2D eigenvalue weighted by Gasteiger charge is 2.34. The molecule has 3 atom stereocenters. The van der Waals surface area contributed by atoms with Crippen LogP contribution in [0.3, 0.4) is 0 Å². The van der Waals surface area contributed by atoms with Crippen LogP contribution in [0.25, 0.3) is 0 Å². The Morgan fingerprint density at radius 3 is 2.53 bits per heavy atom. The van der Waals surface area contributed by atoms with Crippen LogP contribution in [0.15, 0.2) is 64.8 Å². The van der Waals surface area contributed by atoms with Gasteiger partial charge in [-0.1, -0.05) is 74.8 Å². The van der Waals surface area contributed by atoms with Gasteiger partial charge in [0.2, 0.25) is 5.91 Å². The fourth-order valence-electron chi connectivity index (χ4n) is 4.34. The van der Waals surface area contributed by atoms with Crippen LogP contribution in [0.2, 0.25) is 5.02 Å². The molecule has 34 heavy (non-hydrogen) atoms. The third kappa shape index (κ3) is 6.47. The lowest BCUT2D eigenvalue weighted by atomic mass is 9.89. The van der Waals surface area contributed by atoms with E-state index in [4.69, 9.17) is 34.8 Å². The first kappa shape index (κ1) is 28.5. The minimum atomic E-state index is -0.523. The molecule has 1 saturated heterocycles. The van der Waals surface area contributed by atoms with Crippen molar-refractivity contribution in [2.24, 2.45) is 11.8 Å². The number of amides is 1. The number of benzene rings is 1. The maximum Gasteiger partial charge on any atom is 0.230 e. The van der Waals surface area contributed by atoms with Gasteiger partial charge >= 0.3 is 0 Å². The Balaban J connectivity index is 2.63. The SMILES string of the molecule is C=C/C(Cl)=C(\C(Cl)=C/C)N1CCCC(C)C(C)C(=O)N(c2ccc(F)c(Cl)c2)C(CC)C(=C)C1. The largest absolute Gasteiger partial charge is 0.365 e. The average molecular weight is 528 g/mol. The predicted molar refractivity (Wildman–Crippen MR) is 144 cm³/mol. The number of hydrogen-bond donors (Lipinski definition) is 0. The molecule has 0 radical (unpaired) electrons. The zero-order chi connectivity index (χ0) is 25.6. The van der Waals surface area contributed by atoms with Crippen molar-refractivity contribution in [3.05, 3.63) is 75.7 Å². The molecule has 186 valence electrons. The molecule has 0 N–H and O–H groups in total. The summed E-state index contributed by atoms with van der Waals surface area (Å²) in [6.45, 7) is 17.2. The highest BCUT2D eigenvalue weighted by Crippen LogP contribution is 2.34. The first-order valence-electron chi connectivity index (χ1n) is 11.6. The monoisotopic (exact) mass is 526 g/mol. The molecule has 1 aromatic carbocycles. The number of carbonyl (C=O) groups is 1. The van der Waals surface area contributed by atoms with Gasteiger partial charge in [-0.3, -0.25) is 4.79 Å². The summed E-state index contributed by atoms with van der Waals surface area (Å²) >= 11 is 19.2. The lowest BCUT2D eigenvalue weighted by molar-refractivity contribution is -0.123. The summed E-state index contributed by atoms with van der Waals surface area (Å²) in [5.41, 5.74) is 2.07. The molecule has 0 spiro atoms. The molecule has 0 aliphatic carbocycles. The average Bonchev–Trinajstić information content (AvgIpc) is 2.83. The van der Waals surface area contributed by atoms with Gasteiger partial charge in [-0.05, 0) is 62.0 Å². The number of allylic oxidation sites excluding steroid dienone is 4. The fraction of sp³-hybridized carbons (Fsp3) is 0.444.